The van der Waals surface area contributed by atoms with Gasteiger partial charge < -0.3 is 16.4 Å². The number of carbonyl (C=O) groups is 1. The van der Waals surface area contributed by atoms with Gasteiger partial charge in [-0.15, -0.1) is 0 Å². The summed E-state index contributed by atoms with van der Waals surface area (Å²) >= 11 is 0. The van der Waals surface area contributed by atoms with Crippen molar-refractivity contribution in [3.63, 3.8) is 0 Å². The number of amides is 2. The largest absolute Gasteiger partial charge is 0.397 e. The van der Waals surface area contributed by atoms with Crippen LogP contribution in [0.1, 0.15) is 24.8 Å². The first-order valence-electron chi connectivity index (χ1n) is 5.56. The first kappa shape index (κ1) is 11.3. The van der Waals surface area contributed by atoms with Crippen LogP contribution in [0.5, 0.6) is 0 Å². The third kappa shape index (κ3) is 2.67. The first-order valence-corrected chi connectivity index (χ1v) is 5.56. The average Bonchev–Trinajstić information content (AvgIpc) is 2.26. The third-order valence-electron chi connectivity index (χ3n) is 2.87. The maximum Gasteiger partial charge on any atom is 0.319 e. The molecule has 5 heteroatoms. The number of anilines is 2. The minimum Gasteiger partial charge on any atom is -0.397 e. The topological polar surface area (TPSA) is 90.9 Å². The summed E-state index contributed by atoms with van der Waals surface area (Å²) in [7, 11) is 0. The van der Waals surface area contributed by atoms with E-state index in [2.05, 4.69) is 10.6 Å². The van der Waals surface area contributed by atoms with E-state index in [4.69, 9.17) is 11.0 Å². The van der Waals surface area contributed by atoms with Gasteiger partial charge in [0.15, 0.2) is 0 Å². The van der Waals surface area contributed by atoms with Gasteiger partial charge >= 0.3 is 6.03 Å². The van der Waals surface area contributed by atoms with Crippen molar-refractivity contribution in [2.45, 2.75) is 25.3 Å². The minimum atomic E-state index is -0.244. The Bertz CT molecular complexity index is 474. The maximum absolute atomic E-state index is 11.6. The lowest BCUT2D eigenvalue weighted by Crippen LogP contribution is -2.41. The van der Waals surface area contributed by atoms with Crippen molar-refractivity contribution in [2.75, 3.05) is 11.1 Å². The number of benzene rings is 1. The summed E-state index contributed by atoms with van der Waals surface area (Å²) in [6.07, 6.45) is 3.25. The first-order chi connectivity index (χ1) is 8.19. The molecule has 17 heavy (non-hydrogen) atoms. The van der Waals surface area contributed by atoms with Gasteiger partial charge in [0.2, 0.25) is 0 Å². The zero-order valence-corrected chi connectivity index (χ0v) is 9.36. The number of nitrogens with one attached hydrogen (secondary N) is 2. The van der Waals surface area contributed by atoms with Crippen LogP contribution in [0.3, 0.4) is 0 Å². The van der Waals surface area contributed by atoms with Gasteiger partial charge in [0.05, 0.1) is 23.0 Å². The zero-order valence-electron chi connectivity index (χ0n) is 9.36. The van der Waals surface area contributed by atoms with E-state index in [-0.39, 0.29) is 12.1 Å². The van der Waals surface area contributed by atoms with E-state index in [9.17, 15) is 4.79 Å². The molecular formula is C12H14N4O. The summed E-state index contributed by atoms with van der Waals surface area (Å²) in [6, 6.07) is 6.83. The van der Waals surface area contributed by atoms with Gasteiger partial charge in [-0.25, -0.2) is 4.79 Å². The van der Waals surface area contributed by atoms with Gasteiger partial charge in [-0.2, -0.15) is 5.26 Å². The predicted octanol–water partition coefficient (Wildman–Crippen LogP) is 1.81. The van der Waals surface area contributed by atoms with Crippen molar-refractivity contribution in [3.8, 4) is 6.07 Å². The number of carbonyl (C=O) groups excluding carboxylic acids is 1. The monoisotopic (exact) mass is 230 g/mol. The molecule has 4 N–H and O–H groups in total. The van der Waals surface area contributed by atoms with Crippen molar-refractivity contribution in [3.05, 3.63) is 23.8 Å². The van der Waals surface area contributed by atoms with E-state index >= 15 is 0 Å². The highest BCUT2D eigenvalue weighted by molar-refractivity contribution is 5.93. The van der Waals surface area contributed by atoms with Crippen LogP contribution in [0, 0.1) is 11.3 Å². The van der Waals surface area contributed by atoms with E-state index in [0.29, 0.717) is 16.9 Å². The Labute approximate surface area is 99.6 Å². The molecule has 0 aromatic heterocycles. The Hall–Kier alpha value is -2.22. The standard InChI is InChI=1S/C12H14N4O/c13-7-8-4-5-11(10(14)6-8)16-12(17)15-9-2-1-3-9/h4-6,9H,1-3,14H2,(H2,15,16,17). The molecule has 1 aromatic carbocycles. The highest BCUT2D eigenvalue weighted by Gasteiger charge is 2.19. The molecule has 1 aromatic rings. The SMILES string of the molecule is N#Cc1ccc(NC(=O)NC2CCC2)c(N)c1. The number of nitriles is 1. The Morgan fingerprint density at radius 2 is 2.24 bits per heavy atom. The lowest BCUT2D eigenvalue weighted by molar-refractivity contribution is 0.240. The second kappa shape index (κ2) is 4.74. The molecule has 0 saturated heterocycles. The molecule has 0 aliphatic heterocycles. The number of nitrogens with zero attached hydrogens (tertiary/aromatic N) is 1. The molecule has 0 unspecified atom stereocenters. The van der Waals surface area contributed by atoms with Crippen LogP contribution in [0.4, 0.5) is 16.2 Å². The number of urea groups is 1. The summed E-state index contributed by atoms with van der Waals surface area (Å²) in [5.41, 5.74) is 7.13. The van der Waals surface area contributed by atoms with Crippen molar-refractivity contribution in [2.24, 2.45) is 0 Å². The Morgan fingerprint density at radius 1 is 1.47 bits per heavy atom. The average molecular weight is 230 g/mol. The van der Waals surface area contributed by atoms with E-state index in [1.807, 2.05) is 6.07 Å². The molecule has 5 nitrogen and oxygen atoms in total. The Balaban J connectivity index is 1.98. The normalized spacial score (nSPS) is 14.5. The second-order valence-electron chi connectivity index (χ2n) is 4.14. The summed E-state index contributed by atoms with van der Waals surface area (Å²) in [4.78, 5) is 11.6. The van der Waals surface area contributed by atoms with Gasteiger partial charge in [0.25, 0.3) is 0 Å². The smallest absolute Gasteiger partial charge is 0.319 e. The summed E-state index contributed by atoms with van der Waals surface area (Å²) in [5, 5.41) is 14.2. The van der Waals surface area contributed by atoms with Gasteiger partial charge in [-0.1, -0.05) is 0 Å². The summed E-state index contributed by atoms with van der Waals surface area (Å²) in [5.74, 6) is 0. The van der Waals surface area contributed by atoms with E-state index in [1.54, 1.807) is 18.2 Å². The maximum atomic E-state index is 11.6. The Kier molecular flexibility index (Phi) is 3.15. The number of hydrogen-bond acceptors (Lipinski definition) is 3. The quantitative estimate of drug-likeness (QED) is 0.677. The van der Waals surface area contributed by atoms with Crippen molar-refractivity contribution >= 4 is 17.4 Å². The van der Waals surface area contributed by atoms with E-state index in [0.717, 1.165) is 12.8 Å². The molecule has 0 atom stereocenters. The molecule has 0 radical (unpaired) electrons. The lowest BCUT2D eigenvalue weighted by Gasteiger charge is -2.26. The molecule has 0 heterocycles. The fraction of sp³-hybridized carbons (Fsp3) is 0.333. The summed E-state index contributed by atoms with van der Waals surface area (Å²) in [6.45, 7) is 0. The highest BCUT2D eigenvalue weighted by Crippen LogP contribution is 2.21. The van der Waals surface area contributed by atoms with Crippen molar-refractivity contribution < 1.29 is 4.79 Å². The van der Waals surface area contributed by atoms with Crippen molar-refractivity contribution in [1.29, 1.82) is 5.26 Å². The predicted molar refractivity (Wildman–Crippen MR) is 65.4 cm³/mol. The number of nitrogen functional groups attached to an aromatic ring is 1. The van der Waals surface area contributed by atoms with Crippen LogP contribution >= 0.6 is 0 Å². The fourth-order valence-electron chi connectivity index (χ4n) is 1.64. The number of rotatable bonds is 2. The van der Waals surface area contributed by atoms with Crippen LogP contribution in [-0.4, -0.2) is 12.1 Å². The fourth-order valence-corrected chi connectivity index (χ4v) is 1.64. The zero-order chi connectivity index (χ0) is 12.3. The molecule has 88 valence electrons. The van der Waals surface area contributed by atoms with E-state index in [1.165, 1.54) is 6.42 Å². The Morgan fingerprint density at radius 3 is 2.76 bits per heavy atom. The summed E-state index contributed by atoms with van der Waals surface area (Å²) < 4.78 is 0. The van der Waals surface area contributed by atoms with Crippen LogP contribution in [0.2, 0.25) is 0 Å². The minimum absolute atomic E-state index is 0.244. The van der Waals surface area contributed by atoms with Crippen LogP contribution in [0.25, 0.3) is 0 Å². The van der Waals surface area contributed by atoms with E-state index < -0.39 is 0 Å². The number of nitrogens with two attached hydrogens (primary N) is 1. The molecule has 2 amide bonds. The van der Waals surface area contributed by atoms with Gasteiger partial charge in [-0.3, -0.25) is 0 Å². The van der Waals surface area contributed by atoms with Crippen LogP contribution < -0.4 is 16.4 Å². The lowest BCUT2D eigenvalue weighted by atomic mass is 9.93. The van der Waals surface area contributed by atoms with Gasteiger partial charge in [0, 0.05) is 6.04 Å². The molecule has 0 bridgehead atoms. The van der Waals surface area contributed by atoms with Crippen molar-refractivity contribution in [1.82, 2.24) is 5.32 Å². The highest BCUT2D eigenvalue weighted by atomic mass is 16.2. The molecule has 0 spiro atoms. The molecule has 1 fully saturated rings. The van der Waals surface area contributed by atoms with Crippen LogP contribution in [0.15, 0.2) is 18.2 Å². The van der Waals surface area contributed by atoms with Crippen LogP contribution in [-0.2, 0) is 0 Å². The third-order valence-corrected chi connectivity index (χ3v) is 2.87. The van der Waals surface area contributed by atoms with Gasteiger partial charge in [0.1, 0.15) is 0 Å². The molecular weight excluding hydrogens is 216 g/mol. The molecule has 1 aliphatic rings. The second-order valence-corrected chi connectivity index (χ2v) is 4.14. The molecule has 2 rings (SSSR count). The number of hydrogen-bond donors (Lipinski definition) is 3. The molecule has 1 saturated carbocycles. The molecule has 1 aliphatic carbocycles. The van der Waals surface area contributed by atoms with Gasteiger partial charge in [-0.05, 0) is 37.5 Å².